The molecule has 1 N–H and O–H groups in total. The topological polar surface area (TPSA) is 54.5 Å². The van der Waals surface area contributed by atoms with Gasteiger partial charge in [-0.05, 0) is 29.3 Å². The minimum Gasteiger partial charge on any atom is -0.379 e. The van der Waals surface area contributed by atoms with Crippen LogP contribution in [-0.2, 0) is 22.6 Å². The molecule has 5 nitrogen and oxygen atoms in total. The van der Waals surface area contributed by atoms with Gasteiger partial charge in [0.1, 0.15) is 0 Å². The summed E-state index contributed by atoms with van der Waals surface area (Å²) < 4.78 is 7.38. The molecule has 2 heterocycles. The van der Waals surface area contributed by atoms with Crippen LogP contribution in [0.15, 0.2) is 46.8 Å². The molecule has 1 aliphatic rings. The van der Waals surface area contributed by atoms with Crippen molar-refractivity contribution in [3.05, 3.63) is 58.6 Å². The molecule has 0 spiro atoms. The maximum Gasteiger partial charge on any atom is 0.230 e. The van der Waals surface area contributed by atoms with Crippen LogP contribution in [0, 0.1) is 0 Å². The van der Waals surface area contributed by atoms with Crippen molar-refractivity contribution in [3.8, 4) is 0 Å². The van der Waals surface area contributed by atoms with E-state index in [1.165, 1.54) is 17.3 Å². The molecule has 1 aliphatic heterocycles. The van der Waals surface area contributed by atoms with Crippen molar-refractivity contribution in [1.82, 2.24) is 15.2 Å². The van der Waals surface area contributed by atoms with Gasteiger partial charge in [-0.3, -0.25) is 9.69 Å². The summed E-state index contributed by atoms with van der Waals surface area (Å²) in [7, 11) is 0. The summed E-state index contributed by atoms with van der Waals surface area (Å²) in [6, 6.07) is 14.0. The smallest absolute Gasteiger partial charge is 0.230 e. The van der Waals surface area contributed by atoms with Crippen molar-refractivity contribution in [3.63, 3.8) is 0 Å². The fourth-order valence-electron chi connectivity index (χ4n) is 3.20. The number of morpholine rings is 1. The maximum atomic E-state index is 12.4. The Morgan fingerprint density at radius 2 is 2.00 bits per heavy atom. The van der Waals surface area contributed by atoms with Crippen molar-refractivity contribution in [2.24, 2.45) is 0 Å². The fourth-order valence-corrected chi connectivity index (χ4v) is 5.24. The van der Waals surface area contributed by atoms with Gasteiger partial charge in [0.05, 0.1) is 29.2 Å². The largest absolute Gasteiger partial charge is 0.379 e. The van der Waals surface area contributed by atoms with Crippen LogP contribution in [0.4, 0.5) is 0 Å². The molecule has 0 aliphatic carbocycles. The lowest BCUT2D eigenvalue weighted by Gasteiger charge is -2.27. The molecule has 0 bridgehead atoms. The number of thioether (sulfide) groups is 1. The zero-order valence-corrected chi connectivity index (χ0v) is 18.3. The van der Waals surface area contributed by atoms with Crippen LogP contribution >= 0.6 is 34.7 Å². The van der Waals surface area contributed by atoms with Gasteiger partial charge in [0.2, 0.25) is 5.91 Å². The number of rotatable bonds is 7. The van der Waals surface area contributed by atoms with Crippen molar-refractivity contribution in [2.45, 2.75) is 17.4 Å². The zero-order valence-electron chi connectivity index (χ0n) is 15.9. The summed E-state index contributed by atoms with van der Waals surface area (Å²) in [6.45, 7) is 4.89. The molecular formula is C21H22ClN3O2S2. The normalized spacial score (nSPS) is 14.9. The minimum absolute atomic E-state index is 0.00784. The molecule has 1 amide bonds. The average molecular weight is 448 g/mol. The highest BCUT2D eigenvalue weighted by Gasteiger charge is 2.13. The van der Waals surface area contributed by atoms with E-state index in [0.29, 0.717) is 17.3 Å². The van der Waals surface area contributed by atoms with Crippen LogP contribution in [0.5, 0.6) is 0 Å². The Morgan fingerprint density at radius 1 is 1.21 bits per heavy atom. The number of carbonyl (C=O) groups excluding carboxylic acids is 1. The number of hydrogen-bond donors (Lipinski definition) is 1. The van der Waals surface area contributed by atoms with E-state index in [-0.39, 0.29) is 5.91 Å². The summed E-state index contributed by atoms with van der Waals surface area (Å²) in [5.74, 6) is 0.354. The van der Waals surface area contributed by atoms with Gasteiger partial charge < -0.3 is 10.1 Å². The van der Waals surface area contributed by atoms with E-state index in [9.17, 15) is 4.79 Å². The minimum atomic E-state index is 0.00784. The molecule has 0 atom stereocenters. The number of ether oxygens (including phenoxy) is 1. The second kappa shape index (κ2) is 9.91. The number of thiazole rings is 1. The van der Waals surface area contributed by atoms with E-state index in [1.807, 2.05) is 24.3 Å². The quantitative estimate of drug-likeness (QED) is 0.550. The molecular weight excluding hydrogens is 426 g/mol. The number of aromatic nitrogens is 1. The van der Waals surface area contributed by atoms with Gasteiger partial charge in [-0.25, -0.2) is 4.98 Å². The van der Waals surface area contributed by atoms with E-state index in [1.54, 1.807) is 11.3 Å². The molecule has 8 heteroatoms. The number of benzene rings is 2. The van der Waals surface area contributed by atoms with Crippen molar-refractivity contribution in [1.29, 1.82) is 0 Å². The van der Waals surface area contributed by atoms with Gasteiger partial charge in [-0.15, -0.1) is 11.3 Å². The maximum absolute atomic E-state index is 12.4. The Hall–Kier alpha value is -1.64. The van der Waals surface area contributed by atoms with E-state index in [4.69, 9.17) is 16.3 Å². The van der Waals surface area contributed by atoms with Crippen LogP contribution in [0.3, 0.4) is 0 Å². The van der Waals surface area contributed by atoms with Gasteiger partial charge in [0.15, 0.2) is 4.34 Å². The highest BCUT2D eigenvalue weighted by Crippen LogP contribution is 2.30. The summed E-state index contributed by atoms with van der Waals surface area (Å²) in [5, 5.41) is 3.72. The molecule has 0 radical (unpaired) electrons. The highest BCUT2D eigenvalue weighted by molar-refractivity contribution is 8.01. The predicted molar refractivity (Wildman–Crippen MR) is 120 cm³/mol. The second-order valence-corrected chi connectivity index (χ2v) is 9.50. The number of hydrogen-bond acceptors (Lipinski definition) is 6. The molecule has 1 saturated heterocycles. The number of halogens is 1. The molecule has 1 fully saturated rings. The van der Waals surface area contributed by atoms with Gasteiger partial charge in [-0.1, -0.05) is 47.6 Å². The Bertz CT molecular complexity index is 989. The predicted octanol–water partition coefficient (Wildman–Crippen LogP) is 4.19. The lowest BCUT2D eigenvalue weighted by Crippen LogP contribution is -2.36. The third-order valence-corrected chi connectivity index (χ3v) is 7.16. The number of carbonyl (C=O) groups is 1. The van der Waals surface area contributed by atoms with Crippen molar-refractivity contribution in [2.75, 3.05) is 32.1 Å². The fraction of sp³-hybridized carbons (Fsp3) is 0.333. The number of nitrogens with zero attached hydrogens (tertiary/aromatic N) is 2. The van der Waals surface area contributed by atoms with Crippen LogP contribution in [0.1, 0.15) is 11.1 Å². The first-order chi connectivity index (χ1) is 14.2. The number of fused-ring (bicyclic) bond motifs is 1. The molecule has 1 aromatic heterocycles. The summed E-state index contributed by atoms with van der Waals surface area (Å²) in [5.41, 5.74) is 3.29. The SMILES string of the molecule is O=C(CSc1nc2cc(Cl)ccc2s1)NCc1ccccc1CN1CCOCC1. The van der Waals surface area contributed by atoms with E-state index in [2.05, 4.69) is 33.4 Å². The van der Waals surface area contributed by atoms with Crippen molar-refractivity contribution < 1.29 is 9.53 Å². The van der Waals surface area contributed by atoms with Gasteiger partial charge in [-0.2, -0.15) is 0 Å². The van der Waals surface area contributed by atoms with E-state index < -0.39 is 0 Å². The summed E-state index contributed by atoms with van der Waals surface area (Å²) in [6.07, 6.45) is 0. The van der Waals surface area contributed by atoms with E-state index in [0.717, 1.165) is 53.0 Å². The Labute approximate surface area is 183 Å². The monoisotopic (exact) mass is 447 g/mol. The lowest BCUT2D eigenvalue weighted by atomic mass is 10.1. The van der Waals surface area contributed by atoms with Gasteiger partial charge in [0.25, 0.3) is 0 Å². The number of nitrogens with one attached hydrogen (secondary N) is 1. The first kappa shape index (κ1) is 20.6. The third-order valence-electron chi connectivity index (χ3n) is 4.75. The molecule has 0 saturated carbocycles. The first-order valence-electron chi connectivity index (χ1n) is 9.50. The van der Waals surface area contributed by atoms with E-state index >= 15 is 0 Å². The van der Waals surface area contributed by atoms with Gasteiger partial charge in [0, 0.05) is 31.2 Å². The van der Waals surface area contributed by atoms with Gasteiger partial charge >= 0.3 is 0 Å². The Morgan fingerprint density at radius 3 is 2.83 bits per heavy atom. The summed E-state index contributed by atoms with van der Waals surface area (Å²) in [4.78, 5) is 19.3. The average Bonchev–Trinajstić information content (AvgIpc) is 3.14. The van der Waals surface area contributed by atoms with Crippen LogP contribution in [0.25, 0.3) is 10.2 Å². The molecule has 3 aromatic rings. The number of amides is 1. The molecule has 0 unspecified atom stereocenters. The summed E-state index contributed by atoms with van der Waals surface area (Å²) >= 11 is 9.05. The standard InChI is InChI=1S/C21H22ClN3O2S2/c22-17-5-6-19-18(11-17)24-21(29-19)28-14-20(26)23-12-15-3-1-2-4-16(15)13-25-7-9-27-10-8-25/h1-6,11H,7-10,12-14H2,(H,23,26). The molecule has 4 rings (SSSR count). The van der Waals surface area contributed by atoms with Crippen LogP contribution in [0.2, 0.25) is 5.02 Å². The molecule has 152 valence electrons. The first-order valence-corrected chi connectivity index (χ1v) is 11.7. The Kier molecular flexibility index (Phi) is 7.05. The lowest BCUT2D eigenvalue weighted by molar-refractivity contribution is -0.118. The molecule has 2 aromatic carbocycles. The third kappa shape index (κ3) is 5.71. The van der Waals surface area contributed by atoms with Crippen LogP contribution in [-0.4, -0.2) is 47.8 Å². The Balaban J connectivity index is 1.30. The van der Waals surface area contributed by atoms with Crippen molar-refractivity contribution >= 4 is 50.8 Å². The zero-order chi connectivity index (χ0) is 20.1. The molecule has 29 heavy (non-hydrogen) atoms. The highest BCUT2D eigenvalue weighted by atomic mass is 35.5. The second-order valence-electron chi connectivity index (χ2n) is 6.81. The van der Waals surface area contributed by atoms with Crippen LogP contribution < -0.4 is 5.32 Å².